The third-order valence-electron chi connectivity index (χ3n) is 4.88. The molecular formula is C20H14F5NO5. The Bertz CT molecular complexity index is 1170. The van der Waals surface area contributed by atoms with Gasteiger partial charge in [-0.25, -0.2) is 4.79 Å². The van der Waals surface area contributed by atoms with Crippen molar-refractivity contribution in [2.45, 2.75) is 31.5 Å². The first-order valence-corrected chi connectivity index (χ1v) is 9.00. The largest absolute Gasteiger partial charge is 0.492 e. The average molecular weight is 443 g/mol. The molecule has 164 valence electrons. The molecule has 0 spiro atoms. The van der Waals surface area contributed by atoms with E-state index in [1.54, 1.807) is 12.1 Å². The van der Waals surface area contributed by atoms with Crippen molar-refractivity contribution in [3.05, 3.63) is 69.4 Å². The topological polar surface area (TPSA) is 84.7 Å². The van der Waals surface area contributed by atoms with Crippen molar-refractivity contribution < 1.29 is 40.9 Å². The molecule has 0 aliphatic heterocycles. The summed E-state index contributed by atoms with van der Waals surface area (Å²) in [6.45, 7) is -3.34. The zero-order chi connectivity index (χ0) is 22.3. The highest BCUT2D eigenvalue weighted by Crippen LogP contribution is 2.43. The quantitative estimate of drug-likeness (QED) is 0.532. The van der Waals surface area contributed by atoms with E-state index in [0.717, 1.165) is 17.2 Å². The van der Waals surface area contributed by atoms with Crippen molar-refractivity contribution >= 4 is 0 Å². The second kappa shape index (κ2) is 7.64. The molecule has 0 bridgehead atoms. The van der Waals surface area contributed by atoms with Gasteiger partial charge in [0.2, 0.25) is 5.88 Å². The predicted octanol–water partition coefficient (Wildman–Crippen LogP) is 5.16. The molecule has 0 amide bonds. The molecule has 1 heterocycles. The first-order valence-electron chi connectivity index (χ1n) is 9.00. The molecule has 11 heteroatoms. The fourth-order valence-corrected chi connectivity index (χ4v) is 3.58. The molecule has 1 aromatic heterocycles. The number of hydrogen-bond acceptors (Lipinski definition) is 5. The number of nitrogens with one attached hydrogen (secondary N) is 1. The summed E-state index contributed by atoms with van der Waals surface area (Å²) in [4.78, 5) is 13.4. The Morgan fingerprint density at radius 3 is 2.55 bits per heavy atom. The van der Waals surface area contributed by atoms with Crippen LogP contribution in [0.3, 0.4) is 0 Å². The Hall–Kier alpha value is -3.50. The monoisotopic (exact) mass is 443 g/mol. The molecule has 3 aromatic rings. The van der Waals surface area contributed by atoms with Crippen molar-refractivity contribution in [2.75, 3.05) is 0 Å². The third kappa shape index (κ3) is 4.21. The van der Waals surface area contributed by atoms with Crippen molar-refractivity contribution in [3.63, 3.8) is 0 Å². The van der Waals surface area contributed by atoms with E-state index in [9.17, 15) is 31.9 Å². The van der Waals surface area contributed by atoms with Gasteiger partial charge in [0.25, 0.3) is 0 Å². The van der Waals surface area contributed by atoms with Crippen LogP contribution in [0.25, 0.3) is 0 Å². The summed E-state index contributed by atoms with van der Waals surface area (Å²) in [6.07, 6.45) is -3.66. The molecule has 0 radical (unpaired) electrons. The minimum atomic E-state index is -4.74. The van der Waals surface area contributed by atoms with Crippen LogP contribution in [0.1, 0.15) is 34.8 Å². The summed E-state index contributed by atoms with van der Waals surface area (Å²) >= 11 is 0. The molecule has 31 heavy (non-hydrogen) atoms. The van der Waals surface area contributed by atoms with Crippen LogP contribution in [0.4, 0.5) is 22.0 Å². The molecule has 1 aliphatic carbocycles. The molecule has 0 saturated heterocycles. The predicted molar refractivity (Wildman–Crippen MR) is 95.7 cm³/mol. The van der Waals surface area contributed by atoms with E-state index in [2.05, 4.69) is 9.72 Å². The Morgan fingerprint density at radius 1 is 1.13 bits per heavy atom. The number of fused-ring (bicyclic) bond motifs is 1. The molecule has 2 N–H and O–H groups in total. The Morgan fingerprint density at radius 2 is 1.90 bits per heavy atom. The zero-order valence-electron chi connectivity index (χ0n) is 15.5. The lowest BCUT2D eigenvalue weighted by atomic mass is 9.99. The van der Waals surface area contributed by atoms with E-state index in [4.69, 9.17) is 9.15 Å². The number of alkyl halides is 5. The molecule has 0 fully saturated rings. The fourth-order valence-electron chi connectivity index (χ4n) is 3.58. The van der Waals surface area contributed by atoms with Gasteiger partial charge in [0.15, 0.2) is 17.3 Å². The summed E-state index contributed by atoms with van der Waals surface area (Å²) in [5.41, 5.74) is 0.399. The third-order valence-corrected chi connectivity index (χ3v) is 4.88. The van der Waals surface area contributed by atoms with Gasteiger partial charge in [-0.1, -0.05) is 6.07 Å². The van der Waals surface area contributed by atoms with Crippen LogP contribution in [-0.4, -0.2) is 16.7 Å². The maximum Gasteiger partial charge on any atom is 0.419 e. The van der Waals surface area contributed by atoms with Crippen LogP contribution in [-0.2, 0) is 12.6 Å². The first-order chi connectivity index (χ1) is 14.6. The number of aromatic amines is 1. The molecule has 1 atom stereocenters. The van der Waals surface area contributed by atoms with Gasteiger partial charge in [0.1, 0.15) is 5.75 Å². The highest BCUT2D eigenvalue weighted by molar-refractivity contribution is 5.49. The number of hydrogen-bond donors (Lipinski definition) is 2. The summed E-state index contributed by atoms with van der Waals surface area (Å²) < 4.78 is 78.7. The number of aromatic nitrogens is 1. The number of H-pyrrole nitrogens is 1. The number of halogens is 5. The Balaban J connectivity index is 1.62. The van der Waals surface area contributed by atoms with Crippen LogP contribution in [0, 0.1) is 0 Å². The molecule has 0 unspecified atom stereocenters. The number of aryl methyl sites for hydroxylation is 1. The minimum Gasteiger partial charge on any atom is -0.492 e. The highest BCUT2D eigenvalue weighted by atomic mass is 19.4. The second-order valence-corrected chi connectivity index (χ2v) is 6.82. The maximum atomic E-state index is 12.9. The van der Waals surface area contributed by atoms with E-state index < -0.39 is 29.9 Å². The number of rotatable bonds is 5. The minimum absolute atomic E-state index is 0.104. The Labute approximate surface area is 170 Å². The molecular weight excluding hydrogens is 429 g/mol. The average Bonchev–Trinajstić information content (AvgIpc) is 3.23. The normalized spacial score (nSPS) is 15.9. The van der Waals surface area contributed by atoms with E-state index in [0.29, 0.717) is 25.0 Å². The van der Waals surface area contributed by atoms with Gasteiger partial charge in [-0.2, -0.15) is 22.0 Å². The van der Waals surface area contributed by atoms with Crippen LogP contribution in [0.2, 0.25) is 0 Å². The highest BCUT2D eigenvalue weighted by Gasteiger charge is 2.33. The lowest BCUT2D eigenvalue weighted by Crippen LogP contribution is -2.08. The van der Waals surface area contributed by atoms with Crippen molar-refractivity contribution in [2.24, 2.45) is 0 Å². The lowest BCUT2D eigenvalue weighted by molar-refractivity contribution is -0.138. The first kappa shape index (κ1) is 20.8. The van der Waals surface area contributed by atoms with Gasteiger partial charge in [-0.15, -0.1) is 0 Å². The Kier molecular flexibility index (Phi) is 5.11. The second-order valence-electron chi connectivity index (χ2n) is 6.82. The molecule has 1 aliphatic rings. The van der Waals surface area contributed by atoms with Gasteiger partial charge in [-0.05, 0) is 54.3 Å². The van der Waals surface area contributed by atoms with Gasteiger partial charge in [0.05, 0.1) is 5.56 Å². The summed E-state index contributed by atoms with van der Waals surface area (Å²) in [6, 6.07) is 6.79. The van der Waals surface area contributed by atoms with Crippen molar-refractivity contribution in [1.29, 1.82) is 0 Å². The summed E-state index contributed by atoms with van der Waals surface area (Å²) in [5.74, 6) is -2.27. The van der Waals surface area contributed by atoms with Crippen LogP contribution >= 0.6 is 0 Å². The number of oxazole rings is 1. The van der Waals surface area contributed by atoms with Gasteiger partial charge >= 0.3 is 18.5 Å². The SMILES string of the molecule is O=c1[nH]c(O)c([C@@H]2CCc3cc(Oc4ccc(C(F)(F)F)cc4OC(F)F)ccc32)o1. The van der Waals surface area contributed by atoms with E-state index in [1.807, 2.05) is 0 Å². The summed E-state index contributed by atoms with van der Waals surface area (Å²) in [7, 11) is 0. The molecule has 6 nitrogen and oxygen atoms in total. The molecule has 4 rings (SSSR count). The molecule has 0 saturated carbocycles. The maximum absolute atomic E-state index is 12.9. The van der Waals surface area contributed by atoms with Crippen molar-refractivity contribution in [1.82, 2.24) is 4.98 Å². The number of ether oxygens (including phenoxy) is 2. The van der Waals surface area contributed by atoms with Crippen molar-refractivity contribution in [3.8, 4) is 23.1 Å². The van der Waals surface area contributed by atoms with Gasteiger partial charge in [-0.3, -0.25) is 4.98 Å². The summed E-state index contributed by atoms with van der Waals surface area (Å²) in [5, 5.41) is 9.82. The van der Waals surface area contributed by atoms with E-state index in [1.165, 1.54) is 6.07 Å². The van der Waals surface area contributed by atoms with Crippen LogP contribution < -0.4 is 15.2 Å². The van der Waals surface area contributed by atoms with Gasteiger partial charge < -0.3 is 19.0 Å². The number of benzene rings is 2. The van der Waals surface area contributed by atoms with Crippen LogP contribution in [0.5, 0.6) is 23.1 Å². The van der Waals surface area contributed by atoms with E-state index in [-0.39, 0.29) is 29.1 Å². The lowest BCUT2D eigenvalue weighted by Gasteiger charge is -2.15. The fraction of sp³-hybridized carbons (Fsp3) is 0.250. The smallest absolute Gasteiger partial charge is 0.419 e. The standard InChI is InChI=1S/C20H14F5NO5/c21-18(22)30-15-8-10(20(23,24)25)2-6-14(15)29-11-3-5-12-9(7-11)1-4-13(12)16-17(27)26-19(28)31-16/h2-3,5-8,13,18,27H,1,4H2,(H,26,28)/t13-/m1/s1. The zero-order valence-corrected chi connectivity index (χ0v) is 15.5. The van der Waals surface area contributed by atoms with E-state index >= 15 is 0 Å². The number of aromatic hydroxyl groups is 1. The van der Waals surface area contributed by atoms with Crippen LogP contribution in [0.15, 0.2) is 45.6 Å². The van der Waals surface area contributed by atoms with Gasteiger partial charge in [0, 0.05) is 5.92 Å². The molecule has 2 aromatic carbocycles.